The molecule has 1 aromatic heterocycles. The minimum Gasteiger partial charge on any atom is -0.380 e. The maximum atomic E-state index is 12.2. The zero-order chi connectivity index (χ0) is 14.7. The van der Waals surface area contributed by atoms with Crippen molar-refractivity contribution in [1.82, 2.24) is 9.78 Å². The molecule has 0 radical (unpaired) electrons. The third-order valence-corrected chi connectivity index (χ3v) is 4.98. The predicted molar refractivity (Wildman–Crippen MR) is 86.2 cm³/mol. The van der Waals surface area contributed by atoms with Gasteiger partial charge in [-0.2, -0.15) is 5.10 Å². The molecule has 0 spiro atoms. The van der Waals surface area contributed by atoms with Gasteiger partial charge in [-0.15, -0.1) is 0 Å². The normalized spacial score (nSPS) is 23.1. The summed E-state index contributed by atoms with van der Waals surface area (Å²) in [6.07, 6.45) is 7.96. The van der Waals surface area contributed by atoms with Crippen LogP contribution in [0.1, 0.15) is 58.9 Å². The Morgan fingerprint density at radius 2 is 2.05 bits per heavy atom. The van der Waals surface area contributed by atoms with E-state index in [0.29, 0.717) is 10.5 Å². The first-order chi connectivity index (χ1) is 9.52. The zero-order valence-electron chi connectivity index (χ0n) is 12.5. The number of anilines is 1. The van der Waals surface area contributed by atoms with Gasteiger partial charge in [0.2, 0.25) is 0 Å². The highest BCUT2D eigenvalue weighted by atomic mass is 79.9. The third-order valence-electron chi connectivity index (χ3n) is 4.22. The molecule has 1 aromatic rings. The fraction of sp³-hybridized carbons (Fsp3) is 0.733. The van der Waals surface area contributed by atoms with E-state index in [1.54, 1.807) is 6.20 Å². The minimum atomic E-state index is -0.0627. The molecule has 1 aliphatic rings. The molecule has 2 rings (SSSR count). The summed E-state index contributed by atoms with van der Waals surface area (Å²) in [6, 6.07) is 0.540. The van der Waals surface area contributed by atoms with Crippen molar-refractivity contribution in [3.8, 4) is 0 Å². The standard InChI is InChI=1S/C15H24BrN3O/c1-4-11-5-7-12(8-6-11)18-13-9-17-19(10(2)3)15(20)14(13)16/h9-12,18H,4-8H2,1-3H3. The summed E-state index contributed by atoms with van der Waals surface area (Å²) in [5.41, 5.74) is 0.763. The molecule has 0 aromatic carbocycles. The number of hydrogen-bond acceptors (Lipinski definition) is 3. The van der Waals surface area contributed by atoms with Crippen molar-refractivity contribution in [2.75, 3.05) is 5.32 Å². The third kappa shape index (κ3) is 3.43. The lowest BCUT2D eigenvalue weighted by molar-refractivity contribution is 0.330. The Kier molecular flexibility index (Phi) is 5.24. The number of hydrogen-bond donors (Lipinski definition) is 1. The van der Waals surface area contributed by atoms with E-state index in [2.05, 4.69) is 33.3 Å². The Hall–Kier alpha value is -0.840. The van der Waals surface area contributed by atoms with Crippen LogP contribution in [-0.4, -0.2) is 15.8 Å². The van der Waals surface area contributed by atoms with Gasteiger partial charge >= 0.3 is 0 Å². The van der Waals surface area contributed by atoms with Gasteiger partial charge < -0.3 is 5.32 Å². The predicted octanol–water partition coefficient (Wildman–Crippen LogP) is 3.97. The fourth-order valence-corrected chi connectivity index (χ4v) is 3.25. The summed E-state index contributed by atoms with van der Waals surface area (Å²) in [7, 11) is 0. The SMILES string of the molecule is CCC1CCC(Nc2cnn(C(C)C)c(=O)c2Br)CC1. The summed E-state index contributed by atoms with van der Waals surface area (Å²) in [6.45, 7) is 6.18. The molecule has 4 nitrogen and oxygen atoms in total. The molecule has 0 saturated heterocycles. The van der Waals surface area contributed by atoms with E-state index in [4.69, 9.17) is 0 Å². The van der Waals surface area contributed by atoms with E-state index in [1.807, 2.05) is 13.8 Å². The molecule has 1 heterocycles. The van der Waals surface area contributed by atoms with Crippen LogP contribution >= 0.6 is 15.9 Å². The molecule has 5 heteroatoms. The van der Waals surface area contributed by atoms with Gasteiger partial charge in [-0.05, 0) is 61.4 Å². The Balaban J connectivity index is 2.07. The van der Waals surface area contributed by atoms with Crippen molar-refractivity contribution >= 4 is 21.6 Å². The van der Waals surface area contributed by atoms with E-state index < -0.39 is 0 Å². The molecule has 0 unspecified atom stereocenters. The molecule has 0 atom stereocenters. The lowest BCUT2D eigenvalue weighted by Crippen LogP contribution is -2.30. The van der Waals surface area contributed by atoms with Gasteiger partial charge in [-0.3, -0.25) is 4.79 Å². The first kappa shape index (κ1) is 15.5. The highest BCUT2D eigenvalue weighted by Gasteiger charge is 2.21. The lowest BCUT2D eigenvalue weighted by atomic mass is 9.84. The van der Waals surface area contributed by atoms with Crippen LogP contribution in [0, 0.1) is 5.92 Å². The Labute approximate surface area is 129 Å². The van der Waals surface area contributed by atoms with Crippen molar-refractivity contribution in [3.63, 3.8) is 0 Å². The summed E-state index contributed by atoms with van der Waals surface area (Å²) >= 11 is 3.42. The Bertz CT molecular complexity index is 504. The second-order valence-electron chi connectivity index (χ2n) is 5.99. The highest BCUT2D eigenvalue weighted by molar-refractivity contribution is 9.10. The van der Waals surface area contributed by atoms with E-state index in [1.165, 1.54) is 36.8 Å². The molecule has 1 fully saturated rings. The van der Waals surface area contributed by atoms with Gasteiger partial charge in [0.1, 0.15) is 4.47 Å². The number of aromatic nitrogens is 2. The molecule has 0 aliphatic heterocycles. The van der Waals surface area contributed by atoms with Crippen LogP contribution in [0.3, 0.4) is 0 Å². The van der Waals surface area contributed by atoms with Crippen molar-refractivity contribution < 1.29 is 0 Å². The number of halogens is 1. The largest absolute Gasteiger partial charge is 0.380 e. The quantitative estimate of drug-likeness (QED) is 0.901. The molecule has 20 heavy (non-hydrogen) atoms. The number of nitrogens with one attached hydrogen (secondary N) is 1. The van der Waals surface area contributed by atoms with E-state index in [-0.39, 0.29) is 11.6 Å². The lowest BCUT2D eigenvalue weighted by Gasteiger charge is -2.29. The average molecular weight is 342 g/mol. The fourth-order valence-electron chi connectivity index (χ4n) is 2.85. The van der Waals surface area contributed by atoms with Crippen LogP contribution in [-0.2, 0) is 0 Å². The van der Waals surface area contributed by atoms with Crippen LogP contribution in [0.2, 0.25) is 0 Å². The van der Waals surface area contributed by atoms with Gasteiger partial charge in [0.05, 0.1) is 17.9 Å². The van der Waals surface area contributed by atoms with Gasteiger partial charge in [0.25, 0.3) is 5.56 Å². The van der Waals surface area contributed by atoms with Crippen LogP contribution in [0.4, 0.5) is 5.69 Å². The summed E-state index contributed by atoms with van der Waals surface area (Å²) in [4.78, 5) is 12.2. The zero-order valence-corrected chi connectivity index (χ0v) is 14.1. The minimum absolute atomic E-state index is 0.0627. The first-order valence-electron chi connectivity index (χ1n) is 7.56. The first-order valence-corrected chi connectivity index (χ1v) is 8.36. The van der Waals surface area contributed by atoms with Crippen molar-refractivity contribution in [2.45, 2.75) is 65.0 Å². The van der Waals surface area contributed by atoms with Gasteiger partial charge in [0.15, 0.2) is 0 Å². The molecular formula is C15H24BrN3O. The highest BCUT2D eigenvalue weighted by Crippen LogP contribution is 2.29. The molecule has 1 saturated carbocycles. The molecule has 0 bridgehead atoms. The molecule has 1 N–H and O–H groups in total. The van der Waals surface area contributed by atoms with Gasteiger partial charge in [-0.1, -0.05) is 13.3 Å². The van der Waals surface area contributed by atoms with Crippen molar-refractivity contribution in [3.05, 3.63) is 21.0 Å². The van der Waals surface area contributed by atoms with Crippen LogP contribution in [0.25, 0.3) is 0 Å². The number of rotatable bonds is 4. The van der Waals surface area contributed by atoms with E-state index >= 15 is 0 Å². The molecule has 112 valence electrons. The second kappa shape index (κ2) is 6.74. The smallest absolute Gasteiger partial charge is 0.283 e. The monoisotopic (exact) mass is 341 g/mol. The Morgan fingerprint density at radius 3 is 2.60 bits per heavy atom. The van der Waals surface area contributed by atoms with E-state index in [0.717, 1.165) is 11.6 Å². The van der Waals surface area contributed by atoms with Crippen LogP contribution < -0.4 is 10.9 Å². The van der Waals surface area contributed by atoms with Crippen molar-refractivity contribution in [1.29, 1.82) is 0 Å². The van der Waals surface area contributed by atoms with Crippen molar-refractivity contribution in [2.24, 2.45) is 5.92 Å². The molecule has 0 amide bonds. The van der Waals surface area contributed by atoms with Gasteiger partial charge in [0, 0.05) is 6.04 Å². The maximum absolute atomic E-state index is 12.2. The summed E-state index contributed by atoms with van der Waals surface area (Å²) < 4.78 is 2.10. The maximum Gasteiger partial charge on any atom is 0.283 e. The summed E-state index contributed by atoms with van der Waals surface area (Å²) in [5, 5.41) is 7.72. The summed E-state index contributed by atoms with van der Waals surface area (Å²) in [5.74, 6) is 0.878. The molecular weight excluding hydrogens is 318 g/mol. The van der Waals surface area contributed by atoms with Crippen LogP contribution in [0.5, 0.6) is 0 Å². The van der Waals surface area contributed by atoms with Crippen LogP contribution in [0.15, 0.2) is 15.5 Å². The number of nitrogens with zero attached hydrogens (tertiary/aromatic N) is 2. The van der Waals surface area contributed by atoms with Gasteiger partial charge in [-0.25, -0.2) is 4.68 Å². The Morgan fingerprint density at radius 1 is 1.40 bits per heavy atom. The molecule has 1 aliphatic carbocycles. The topological polar surface area (TPSA) is 46.9 Å². The average Bonchev–Trinajstić information content (AvgIpc) is 2.44. The van der Waals surface area contributed by atoms with E-state index in [9.17, 15) is 4.79 Å². The second-order valence-corrected chi connectivity index (χ2v) is 6.78.